The maximum absolute atomic E-state index is 13.8. The van der Waals surface area contributed by atoms with Crippen LogP contribution in [0.5, 0.6) is 5.75 Å². The van der Waals surface area contributed by atoms with Crippen LogP contribution in [0.25, 0.3) is 0 Å². The first-order valence-corrected chi connectivity index (χ1v) is 12.1. The number of hydrogen-bond acceptors (Lipinski definition) is 9. The molecule has 11 nitrogen and oxygen atoms in total. The Bertz CT molecular complexity index is 1320. The molecular formula is C24H21N5O6S. The average molecular weight is 508 g/mol. The number of thiazole rings is 1. The lowest BCUT2D eigenvalue weighted by Gasteiger charge is -2.37. The van der Waals surface area contributed by atoms with Crippen LogP contribution in [0.4, 0.5) is 10.8 Å². The van der Waals surface area contributed by atoms with Crippen LogP contribution in [0.15, 0.2) is 54.0 Å². The molecule has 0 saturated carbocycles. The van der Waals surface area contributed by atoms with Gasteiger partial charge in [0.1, 0.15) is 6.04 Å². The summed E-state index contributed by atoms with van der Waals surface area (Å²) in [6.07, 6.45) is 1.59. The second-order valence-electron chi connectivity index (χ2n) is 8.45. The molecule has 0 radical (unpaired) electrons. The predicted molar refractivity (Wildman–Crippen MR) is 130 cm³/mol. The minimum atomic E-state index is -1.20. The van der Waals surface area contributed by atoms with Gasteiger partial charge in [0, 0.05) is 50.2 Å². The number of aromatic hydroxyl groups is 1. The fourth-order valence-electron chi connectivity index (χ4n) is 4.55. The highest BCUT2D eigenvalue weighted by atomic mass is 32.1. The fraction of sp³-hybridized carbons (Fsp3) is 0.250. The molecule has 1 aromatic heterocycles. The molecule has 0 spiro atoms. The van der Waals surface area contributed by atoms with Crippen molar-refractivity contribution in [1.29, 1.82) is 0 Å². The second kappa shape index (κ2) is 9.38. The topological polar surface area (TPSA) is 137 Å². The van der Waals surface area contributed by atoms with E-state index in [4.69, 9.17) is 0 Å². The Kier molecular flexibility index (Phi) is 6.10. The number of benzene rings is 2. The summed E-state index contributed by atoms with van der Waals surface area (Å²) in [7, 11) is 0. The van der Waals surface area contributed by atoms with Crippen LogP contribution in [0.3, 0.4) is 0 Å². The third kappa shape index (κ3) is 4.15. The van der Waals surface area contributed by atoms with Crippen LogP contribution in [-0.2, 0) is 11.2 Å². The number of phenols is 1. The van der Waals surface area contributed by atoms with Crippen LogP contribution in [0.1, 0.15) is 26.3 Å². The van der Waals surface area contributed by atoms with E-state index in [1.807, 2.05) is 5.38 Å². The third-order valence-electron chi connectivity index (χ3n) is 6.37. The molecule has 0 unspecified atom stereocenters. The molecule has 1 atom stereocenters. The smallest absolute Gasteiger partial charge is 0.310 e. The van der Waals surface area contributed by atoms with E-state index in [2.05, 4.69) is 9.88 Å². The molecule has 0 aliphatic carbocycles. The molecule has 1 saturated heterocycles. The molecule has 1 fully saturated rings. The minimum Gasteiger partial charge on any atom is -0.502 e. The molecule has 2 aliphatic rings. The lowest BCUT2D eigenvalue weighted by molar-refractivity contribution is -0.385. The quantitative estimate of drug-likeness (QED) is 0.305. The number of carbonyl (C=O) groups excluding carboxylic acids is 3. The van der Waals surface area contributed by atoms with Gasteiger partial charge < -0.3 is 14.9 Å². The van der Waals surface area contributed by atoms with Crippen molar-refractivity contribution in [3.8, 4) is 5.75 Å². The molecule has 36 heavy (non-hydrogen) atoms. The van der Waals surface area contributed by atoms with E-state index in [0.29, 0.717) is 31.7 Å². The van der Waals surface area contributed by atoms with E-state index in [9.17, 15) is 29.6 Å². The zero-order valence-corrected chi connectivity index (χ0v) is 19.8. The van der Waals surface area contributed by atoms with Crippen LogP contribution in [0.2, 0.25) is 0 Å². The number of carbonyl (C=O) groups is 3. The normalized spacial score (nSPS) is 16.3. The lowest BCUT2D eigenvalue weighted by atomic mass is 10.0. The standard InChI is InChI=1S/C24H21N5O6S/c30-20-6-5-15(13-18(20)29(34)35)14-19(28-21(31)16-3-1-2-4-17(16)22(28)32)23(33)26-8-10-27(11-9-26)24-25-7-12-36-24/h1-7,12-13,19,30H,8-11,14H2/t19-/m1/s1. The highest BCUT2D eigenvalue weighted by Gasteiger charge is 2.44. The number of piperazine rings is 1. The summed E-state index contributed by atoms with van der Waals surface area (Å²) in [4.78, 5) is 59.8. The molecule has 0 bridgehead atoms. The van der Waals surface area contributed by atoms with Gasteiger partial charge in [-0.05, 0) is 23.8 Å². The Labute approximate surface area is 209 Å². The number of nitro groups is 1. The van der Waals surface area contributed by atoms with E-state index < -0.39 is 40.1 Å². The van der Waals surface area contributed by atoms with Crippen molar-refractivity contribution in [3.05, 3.63) is 80.8 Å². The summed E-state index contributed by atoms with van der Waals surface area (Å²) >= 11 is 1.50. The van der Waals surface area contributed by atoms with Gasteiger partial charge in [-0.3, -0.25) is 29.4 Å². The number of aromatic nitrogens is 1. The molecule has 12 heteroatoms. The van der Waals surface area contributed by atoms with Crippen molar-refractivity contribution in [2.24, 2.45) is 0 Å². The van der Waals surface area contributed by atoms with Gasteiger partial charge in [-0.25, -0.2) is 4.98 Å². The Morgan fingerprint density at radius 1 is 1.08 bits per heavy atom. The lowest BCUT2D eigenvalue weighted by Crippen LogP contribution is -2.56. The van der Waals surface area contributed by atoms with Crippen molar-refractivity contribution in [1.82, 2.24) is 14.8 Å². The van der Waals surface area contributed by atoms with E-state index in [0.717, 1.165) is 16.1 Å². The molecular weight excluding hydrogens is 486 g/mol. The largest absolute Gasteiger partial charge is 0.502 e. The Morgan fingerprint density at radius 2 is 1.75 bits per heavy atom. The number of nitro benzene ring substituents is 1. The van der Waals surface area contributed by atoms with Crippen molar-refractivity contribution in [2.75, 3.05) is 31.1 Å². The summed E-state index contributed by atoms with van der Waals surface area (Å²) in [5.41, 5.74) is 0.255. The zero-order valence-electron chi connectivity index (χ0n) is 18.9. The van der Waals surface area contributed by atoms with Crippen molar-refractivity contribution < 1.29 is 24.4 Å². The summed E-state index contributed by atoms with van der Waals surface area (Å²) in [5, 5.41) is 23.9. The number of rotatable bonds is 6. The number of phenolic OH excluding ortho intramolecular Hbond substituents is 1. The number of fused-ring (bicyclic) bond motifs is 1. The molecule has 5 rings (SSSR count). The molecule has 2 aliphatic heterocycles. The summed E-state index contributed by atoms with van der Waals surface area (Å²) in [5.74, 6) is -2.09. The Hall–Kier alpha value is -4.32. The van der Waals surface area contributed by atoms with E-state index >= 15 is 0 Å². The number of imide groups is 1. The number of anilines is 1. The van der Waals surface area contributed by atoms with Crippen molar-refractivity contribution in [3.63, 3.8) is 0 Å². The highest BCUT2D eigenvalue weighted by molar-refractivity contribution is 7.13. The molecule has 3 amide bonds. The van der Waals surface area contributed by atoms with Crippen LogP contribution < -0.4 is 4.90 Å². The van der Waals surface area contributed by atoms with Gasteiger partial charge in [0.05, 0.1) is 16.1 Å². The fourth-order valence-corrected chi connectivity index (χ4v) is 5.24. The third-order valence-corrected chi connectivity index (χ3v) is 7.20. The minimum absolute atomic E-state index is 0.127. The average Bonchev–Trinajstić information content (AvgIpc) is 3.51. The number of amides is 3. The second-order valence-corrected chi connectivity index (χ2v) is 9.33. The van der Waals surface area contributed by atoms with Crippen molar-refractivity contribution in [2.45, 2.75) is 12.5 Å². The van der Waals surface area contributed by atoms with Crippen molar-refractivity contribution >= 4 is 39.9 Å². The molecule has 3 aromatic rings. The highest BCUT2D eigenvalue weighted by Crippen LogP contribution is 2.30. The molecule has 184 valence electrons. The van der Waals surface area contributed by atoms with Gasteiger partial charge in [-0.1, -0.05) is 18.2 Å². The van der Waals surface area contributed by atoms with Gasteiger partial charge in [-0.15, -0.1) is 11.3 Å². The van der Waals surface area contributed by atoms with Gasteiger partial charge in [0.2, 0.25) is 5.91 Å². The van der Waals surface area contributed by atoms with E-state index in [-0.39, 0.29) is 17.5 Å². The number of nitrogens with zero attached hydrogens (tertiary/aromatic N) is 5. The Balaban J connectivity index is 1.44. The first-order chi connectivity index (χ1) is 17.3. The van der Waals surface area contributed by atoms with E-state index in [1.54, 1.807) is 23.2 Å². The van der Waals surface area contributed by atoms with Crippen LogP contribution >= 0.6 is 11.3 Å². The summed E-state index contributed by atoms with van der Waals surface area (Å²) in [6.45, 7) is 1.82. The molecule has 1 N–H and O–H groups in total. The first-order valence-electron chi connectivity index (χ1n) is 11.2. The van der Waals surface area contributed by atoms with Crippen LogP contribution in [-0.4, -0.2) is 74.8 Å². The van der Waals surface area contributed by atoms with Gasteiger partial charge >= 0.3 is 5.69 Å². The maximum Gasteiger partial charge on any atom is 0.310 e. The van der Waals surface area contributed by atoms with Gasteiger partial charge in [-0.2, -0.15) is 0 Å². The van der Waals surface area contributed by atoms with Gasteiger partial charge in [0.15, 0.2) is 10.9 Å². The summed E-state index contributed by atoms with van der Waals surface area (Å²) in [6, 6.07) is 8.94. The predicted octanol–water partition coefficient (Wildman–Crippen LogP) is 2.31. The molecule has 3 heterocycles. The first kappa shape index (κ1) is 23.4. The zero-order chi connectivity index (χ0) is 25.4. The van der Waals surface area contributed by atoms with E-state index in [1.165, 1.54) is 35.6 Å². The summed E-state index contributed by atoms with van der Waals surface area (Å²) < 4.78 is 0. The van der Waals surface area contributed by atoms with Gasteiger partial charge in [0.25, 0.3) is 11.8 Å². The Morgan fingerprint density at radius 3 is 2.33 bits per heavy atom. The molecule has 2 aromatic carbocycles. The number of hydrogen-bond donors (Lipinski definition) is 1. The monoisotopic (exact) mass is 507 g/mol. The maximum atomic E-state index is 13.8. The SMILES string of the molecule is O=C([C@@H](Cc1ccc(O)c([N+](=O)[O-])c1)N1C(=O)c2ccccc2C1=O)N1CCN(c2nccs2)CC1. The van der Waals surface area contributed by atoms with Crippen LogP contribution in [0, 0.1) is 10.1 Å².